The van der Waals surface area contributed by atoms with Crippen LogP contribution in [-0.2, 0) is 17.8 Å². The van der Waals surface area contributed by atoms with Crippen molar-refractivity contribution < 1.29 is 9.59 Å². The third-order valence-electron chi connectivity index (χ3n) is 4.46. The van der Waals surface area contributed by atoms with E-state index < -0.39 is 0 Å². The third-order valence-corrected chi connectivity index (χ3v) is 5.01. The number of amides is 2. The fourth-order valence-electron chi connectivity index (χ4n) is 3.06. The van der Waals surface area contributed by atoms with Gasteiger partial charge in [0.2, 0.25) is 5.91 Å². The standard InChI is InChI=1S/C20H20Cl2N2O2/c1-12(2)20(26)24-8-7-13-3-5-16(9-14(13)11-24)23-19(25)17-6-4-15(21)10-18(17)22/h3-6,9-10,12H,7-8,11H2,1-2H3,(H,23,25). The molecule has 0 spiro atoms. The molecule has 1 aliphatic heterocycles. The van der Waals surface area contributed by atoms with Crippen molar-refractivity contribution >= 4 is 40.7 Å². The van der Waals surface area contributed by atoms with Gasteiger partial charge >= 0.3 is 0 Å². The van der Waals surface area contributed by atoms with Crippen molar-refractivity contribution in [3.8, 4) is 0 Å². The fraction of sp³-hybridized carbons (Fsp3) is 0.300. The highest BCUT2D eigenvalue weighted by molar-refractivity contribution is 6.37. The summed E-state index contributed by atoms with van der Waals surface area (Å²) in [5.41, 5.74) is 3.31. The minimum absolute atomic E-state index is 0.0218. The van der Waals surface area contributed by atoms with Gasteiger partial charge in [0.05, 0.1) is 10.6 Å². The molecule has 26 heavy (non-hydrogen) atoms. The van der Waals surface area contributed by atoms with Gasteiger partial charge < -0.3 is 10.2 Å². The summed E-state index contributed by atoms with van der Waals surface area (Å²) in [5.74, 6) is -0.165. The predicted octanol–water partition coefficient (Wildman–Crippen LogP) is 4.79. The Bertz CT molecular complexity index is 865. The van der Waals surface area contributed by atoms with Crippen LogP contribution in [0.4, 0.5) is 5.69 Å². The van der Waals surface area contributed by atoms with Crippen molar-refractivity contribution in [1.82, 2.24) is 4.90 Å². The largest absolute Gasteiger partial charge is 0.338 e. The second kappa shape index (κ2) is 7.68. The first kappa shape index (κ1) is 18.7. The second-order valence-corrected chi connectivity index (χ2v) is 7.57. The van der Waals surface area contributed by atoms with Gasteiger partial charge in [-0.3, -0.25) is 9.59 Å². The Hall–Kier alpha value is -2.04. The molecule has 2 amide bonds. The van der Waals surface area contributed by atoms with E-state index in [9.17, 15) is 9.59 Å². The lowest BCUT2D eigenvalue weighted by molar-refractivity contribution is -0.135. The molecule has 136 valence electrons. The van der Waals surface area contributed by atoms with Crippen LogP contribution in [0, 0.1) is 5.92 Å². The smallest absolute Gasteiger partial charge is 0.257 e. The predicted molar refractivity (Wildman–Crippen MR) is 105 cm³/mol. The van der Waals surface area contributed by atoms with Gasteiger partial charge in [0, 0.05) is 29.7 Å². The molecule has 0 aliphatic carbocycles. The summed E-state index contributed by atoms with van der Waals surface area (Å²) < 4.78 is 0. The van der Waals surface area contributed by atoms with Crippen molar-refractivity contribution in [2.75, 3.05) is 11.9 Å². The summed E-state index contributed by atoms with van der Waals surface area (Å²) in [6.07, 6.45) is 0.824. The molecule has 0 fully saturated rings. The SMILES string of the molecule is CC(C)C(=O)N1CCc2ccc(NC(=O)c3ccc(Cl)cc3Cl)cc2C1. The minimum Gasteiger partial charge on any atom is -0.338 e. The Kier molecular flexibility index (Phi) is 5.54. The van der Waals surface area contributed by atoms with Crippen LogP contribution in [0.1, 0.15) is 35.3 Å². The number of fused-ring (bicyclic) bond motifs is 1. The van der Waals surface area contributed by atoms with Crippen LogP contribution in [0.5, 0.6) is 0 Å². The number of nitrogens with one attached hydrogen (secondary N) is 1. The molecular formula is C20H20Cl2N2O2. The fourth-order valence-corrected chi connectivity index (χ4v) is 3.55. The number of hydrogen-bond donors (Lipinski definition) is 1. The van der Waals surface area contributed by atoms with E-state index in [1.54, 1.807) is 18.2 Å². The zero-order valence-electron chi connectivity index (χ0n) is 14.7. The molecule has 0 saturated heterocycles. The van der Waals surface area contributed by atoms with Gasteiger partial charge in [0.1, 0.15) is 0 Å². The molecule has 2 aromatic rings. The van der Waals surface area contributed by atoms with Crippen molar-refractivity contribution in [2.45, 2.75) is 26.8 Å². The Morgan fingerprint density at radius 3 is 2.54 bits per heavy atom. The zero-order valence-corrected chi connectivity index (χ0v) is 16.2. The molecule has 0 saturated carbocycles. The Morgan fingerprint density at radius 1 is 1.08 bits per heavy atom. The number of nitrogens with zero attached hydrogens (tertiary/aromatic N) is 1. The highest BCUT2D eigenvalue weighted by Gasteiger charge is 2.23. The van der Waals surface area contributed by atoms with Gasteiger partial charge in [0.15, 0.2) is 0 Å². The average Bonchev–Trinajstić information content (AvgIpc) is 2.60. The Morgan fingerprint density at radius 2 is 1.85 bits per heavy atom. The number of carbonyl (C=O) groups is 2. The van der Waals surface area contributed by atoms with Crippen LogP contribution in [0.25, 0.3) is 0 Å². The Labute approximate surface area is 163 Å². The van der Waals surface area contributed by atoms with Crippen LogP contribution >= 0.6 is 23.2 Å². The molecule has 0 unspecified atom stereocenters. The van der Waals surface area contributed by atoms with E-state index in [0.717, 1.165) is 18.5 Å². The van der Waals surface area contributed by atoms with E-state index in [1.165, 1.54) is 5.56 Å². The van der Waals surface area contributed by atoms with Gasteiger partial charge in [-0.2, -0.15) is 0 Å². The molecule has 0 aromatic heterocycles. The van der Waals surface area contributed by atoms with Crippen molar-refractivity contribution in [3.63, 3.8) is 0 Å². The van der Waals surface area contributed by atoms with Crippen molar-refractivity contribution in [3.05, 3.63) is 63.1 Å². The van der Waals surface area contributed by atoms with E-state index in [0.29, 0.717) is 27.8 Å². The number of benzene rings is 2. The first-order chi connectivity index (χ1) is 12.3. The molecule has 0 radical (unpaired) electrons. The van der Waals surface area contributed by atoms with E-state index >= 15 is 0 Å². The normalized spacial score (nSPS) is 13.5. The lowest BCUT2D eigenvalue weighted by Gasteiger charge is -2.30. The molecule has 1 heterocycles. The van der Waals surface area contributed by atoms with Gasteiger partial charge in [-0.15, -0.1) is 0 Å². The number of rotatable bonds is 3. The molecule has 6 heteroatoms. The summed E-state index contributed by atoms with van der Waals surface area (Å²) in [4.78, 5) is 26.6. The molecule has 0 bridgehead atoms. The quantitative estimate of drug-likeness (QED) is 0.818. The van der Waals surface area contributed by atoms with E-state index in [-0.39, 0.29) is 17.7 Å². The summed E-state index contributed by atoms with van der Waals surface area (Å²) in [5, 5.41) is 3.65. The molecule has 1 aliphatic rings. The Balaban J connectivity index is 1.77. The molecule has 0 atom stereocenters. The van der Waals surface area contributed by atoms with Gasteiger partial charge in [0.25, 0.3) is 5.91 Å². The molecule has 2 aromatic carbocycles. The number of anilines is 1. The number of carbonyl (C=O) groups excluding carboxylic acids is 2. The van der Waals surface area contributed by atoms with Crippen LogP contribution in [0.15, 0.2) is 36.4 Å². The van der Waals surface area contributed by atoms with Crippen LogP contribution in [-0.4, -0.2) is 23.3 Å². The maximum Gasteiger partial charge on any atom is 0.257 e. The lowest BCUT2D eigenvalue weighted by atomic mass is 9.98. The third kappa shape index (κ3) is 4.02. The second-order valence-electron chi connectivity index (χ2n) is 6.73. The van der Waals surface area contributed by atoms with Crippen LogP contribution in [0.2, 0.25) is 10.0 Å². The first-order valence-electron chi connectivity index (χ1n) is 8.52. The van der Waals surface area contributed by atoms with Crippen molar-refractivity contribution in [1.29, 1.82) is 0 Å². The maximum absolute atomic E-state index is 12.5. The highest BCUT2D eigenvalue weighted by Crippen LogP contribution is 2.25. The van der Waals surface area contributed by atoms with Crippen LogP contribution in [0.3, 0.4) is 0 Å². The van der Waals surface area contributed by atoms with Gasteiger partial charge in [-0.05, 0) is 47.9 Å². The summed E-state index contributed by atoms with van der Waals surface area (Å²) in [6, 6.07) is 10.6. The van der Waals surface area contributed by atoms with E-state index in [4.69, 9.17) is 23.2 Å². The molecule has 1 N–H and O–H groups in total. The molecule has 3 rings (SSSR count). The first-order valence-corrected chi connectivity index (χ1v) is 9.27. The van der Waals surface area contributed by atoms with Gasteiger partial charge in [-0.1, -0.05) is 43.1 Å². The van der Waals surface area contributed by atoms with Crippen molar-refractivity contribution in [2.24, 2.45) is 5.92 Å². The lowest BCUT2D eigenvalue weighted by Crippen LogP contribution is -2.38. The zero-order chi connectivity index (χ0) is 18.8. The number of halogens is 2. The average molecular weight is 391 g/mol. The monoisotopic (exact) mass is 390 g/mol. The topological polar surface area (TPSA) is 49.4 Å². The summed E-state index contributed by atoms with van der Waals surface area (Å²) >= 11 is 12.0. The molecule has 4 nitrogen and oxygen atoms in total. The molecular weight excluding hydrogens is 371 g/mol. The summed E-state index contributed by atoms with van der Waals surface area (Å²) in [7, 11) is 0. The van der Waals surface area contributed by atoms with Gasteiger partial charge in [-0.25, -0.2) is 0 Å². The summed E-state index contributed by atoms with van der Waals surface area (Å²) in [6.45, 7) is 5.11. The highest BCUT2D eigenvalue weighted by atomic mass is 35.5. The number of hydrogen-bond acceptors (Lipinski definition) is 2. The minimum atomic E-state index is -0.294. The van der Waals surface area contributed by atoms with Crippen LogP contribution < -0.4 is 5.32 Å². The maximum atomic E-state index is 12.5. The van der Waals surface area contributed by atoms with E-state index in [2.05, 4.69) is 5.32 Å². The van der Waals surface area contributed by atoms with E-state index in [1.807, 2.05) is 36.9 Å².